The van der Waals surface area contributed by atoms with E-state index in [9.17, 15) is 9.90 Å². The second-order valence-electron chi connectivity index (χ2n) is 6.04. The summed E-state index contributed by atoms with van der Waals surface area (Å²) in [5, 5.41) is 12.7. The normalized spacial score (nSPS) is 13.8. The number of rotatable bonds is 8. The lowest BCUT2D eigenvalue weighted by Crippen LogP contribution is -2.42. The number of amides is 1. The van der Waals surface area contributed by atoms with Crippen molar-refractivity contribution in [3.8, 4) is 5.75 Å². The molecule has 0 aliphatic heterocycles. The maximum absolute atomic E-state index is 11.7. The molecular formula is C17H27NO3. The predicted molar refractivity (Wildman–Crippen MR) is 84.6 cm³/mol. The van der Waals surface area contributed by atoms with Crippen LogP contribution in [0.1, 0.15) is 52.0 Å². The smallest absolute Gasteiger partial charge is 0.258 e. The monoisotopic (exact) mass is 293 g/mol. The molecule has 0 heterocycles. The molecule has 21 heavy (non-hydrogen) atoms. The van der Waals surface area contributed by atoms with Crippen LogP contribution in [0.15, 0.2) is 24.3 Å². The molecule has 2 N–H and O–H groups in total. The Labute approximate surface area is 127 Å². The topological polar surface area (TPSA) is 58.6 Å². The molecule has 1 rings (SSSR count). The van der Waals surface area contributed by atoms with Crippen LogP contribution in [0.5, 0.6) is 5.75 Å². The van der Waals surface area contributed by atoms with Gasteiger partial charge in [0.15, 0.2) is 6.61 Å². The van der Waals surface area contributed by atoms with Gasteiger partial charge in [0.2, 0.25) is 0 Å². The Morgan fingerprint density at radius 1 is 1.33 bits per heavy atom. The lowest BCUT2D eigenvalue weighted by atomic mass is 10.0. The van der Waals surface area contributed by atoms with Gasteiger partial charge in [-0.2, -0.15) is 0 Å². The van der Waals surface area contributed by atoms with E-state index in [1.54, 1.807) is 6.92 Å². The maximum atomic E-state index is 11.7. The highest BCUT2D eigenvalue weighted by Crippen LogP contribution is 2.18. The van der Waals surface area contributed by atoms with Gasteiger partial charge in [-0.3, -0.25) is 4.79 Å². The zero-order valence-electron chi connectivity index (χ0n) is 13.5. The van der Waals surface area contributed by atoms with Gasteiger partial charge in [-0.15, -0.1) is 0 Å². The maximum Gasteiger partial charge on any atom is 0.258 e. The predicted octanol–water partition coefficient (Wildman–Crippen LogP) is 2.86. The Morgan fingerprint density at radius 3 is 2.48 bits per heavy atom. The highest BCUT2D eigenvalue weighted by Gasteiger charge is 2.19. The number of hydrogen-bond donors (Lipinski definition) is 2. The molecular weight excluding hydrogens is 266 g/mol. The van der Waals surface area contributed by atoms with E-state index < -0.39 is 5.60 Å². The van der Waals surface area contributed by atoms with E-state index in [4.69, 9.17) is 4.74 Å². The first kappa shape index (κ1) is 17.5. The van der Waals surface area contributed by atoms with E-state index in [0.29, 0.717) is 18.1 Å². The molecule has 1 atom stereocenters. The number of benzene rings is 1. The van der Waals surface area contributed by atoms with E-state index in [1.165, 1.54) is 5.56 Å². The first-order chi connectivity index (χ1) is 9.84. The molecule has 0 aromatic heterocycles. The summed E-state index contributed by atoms with van der Waals surface area (Å²) in [5.41, 5.74) is 0.381. The number of ether oxygens (including phenoxy) is 1. The van der Waals surface area contributed by atoms with Gasteiger partial charge in [0.25, 0.3) is 5.91 Å². The van der Waals surface area contributed by atoms with E-state index >= 15 is 0 Å². The van der Waals surface area contributed by atoms with E-state index in [1.807, 2.05) is 31.2 Å². The average Bonchev–Trinajstić information content (AvgIpc) is 2.43. The summed E-state index contributed by atoms with van der Waals surface area (Å²) >= 11 is 0. The fourth-order valence-electron chi connectivity index (χ4n) is 2.06. The Balaban J connectivity index is 2.36. The van der Waals surface area contributed by atoms with Crippen LogP contribution in [0, 0.1) is 0 Å². The first-order valence-corrected chi connectivity index (χ1v) is 7.56. The van der Waals surface area contributed by atoms with Crippen molar-refractivity contribution in [1.29, 1.82) is 0 Å². The molecule has 1 aromatic rings. The van der Waals surface area contributed by atoms with Gasteiger partial charge in [-0.05, 0) is 37.0 Å². The molecule has 4 nitrogen and oxygen atoms in total. The summed E-state index contributed by atoms with van der Waals surface area (Å²) in [4.78, 5) is 11.7. The zero-order chi connectivity index (χ0) is 15.9. The SMILES string of the molecule is CCCC(C)(O)CNC(=O)COc1ccc(C(C)C)cc1. The number of nitrogens with one attached hydrogen (secondary N) is 1. The van der Waals surface area contributed by atoms with Crippen molar-refractivity contribution in [2.75, 3.05) is 13.2 Å². The molecule has 0 aliphatic rings. The average molecular weight is 293 g/mol. The van der Waals surface area contributed by atoms with Crippen molar-refractivity contribution in [2.24, 2.45) is 0 Å². The van der Waals surface area contributed by atoms with Crippen LogP contribution in [-0.2, 0) is 4.79 Å². The van der Waals surface area contributed by atoms with Gasteiger partial charge < -0.3 is 15.2 Å². The Bertz CT molecular complexity index is 438. The minimum atomic E-state index is -0.858. The Hall–Kier alpha value is -1.55. The second-order valence-corrected chi connectivity index (χ2v) is 6.04. The first-order valence-electron chi connectivity index (χ1n) is 7.56. The fraction of sp³-hybridized carbons (Fsp3) is 0.588. The Morgan fingerprint density at radius 2 is 1.95 bits per heavy atom. The van der Waals surface area contributed by atoms with Gasteiger partial charge in [-0.1, -0.05) is 39.3 Å². The minimum Gasteiger partial charge on any atom is -0.484 e. The van der Waals surface area contributed by atoms with Gasteiger partial charge in [-0.25, -0.2) is 0 Å². The van der Waals surface area contributed by atoms with Crippen molar-refractivity contribution < 1.29 is 14.6 Å². The van der Waals surface area contributed by atoms with Crippen molar-refractivity contribution >= 4 is 5.91 Å². The molecule has 0 bridgehead atoms. The molecule has 0 aliphatic carbocycles. The zero-order valence-corrected chi connectivity index (χ0v) is 13.5. The lowest BCUT2D eigenvalue weighted by molar-refractivity contribution is -0.124. The third kappa shape index (κ3) is 6.63. The number of carbonyl (C=O) groups is 1. The highest BCUT2D eigenvalue weighted by molar-refractivity contribution is 5.77. The summed E-state index contributed by atoms with van der Waals surface area (Å²) in [6, 6.07) is 7.75. The summed E-state index contributed by atoms with van der Waals surface area (Å²) in [5.74, 6) is 0.928. The molecule has 1 amide bonds. The summed E-state index contributed by atoms with van der Waals surface area (Å²) in [6.45, 7) is 8.19. The standard InChI is InChI=1S/C17H27NO3/c1-5-10-17(4,20)12-18-16(19)11-21-15-8-6-14(7-9-15)13(2)3/h6-9,13,20H,5,10-12H2,1-4H3,(H,18,19). The summed E-state index contributed by atoms with van der Waals surface area (Å²) in [7, 11) is 0. The van der Waals surface area contributed by atoms with Crippen LogP contribution < -0.4 is 10.1 Å². The quantitative estimate of drug-likeness (QED) is 0.775. The van der Waals surface area contributed by atoms with E-state index in [2.05, 4.69) is 19.2 Å². The van der Waals surface area contributed by atoms with Gasteiger partial charge in [0.05, 0.1) is 5.60 Å². The van der Waals surface area contributed by atoms with E-state index in [-0.39, 0.29) is 19.1 Å². The van der Waals surface area contributed by atoms with E-state index in [0.717, 1.165) is 6.42 Å². The van der Waals surface area contributed by atoms with Crippen LogP contribution in [-0.4, -0.2) is 29.8 Å². The Kier molecular flexibility index (Phi) is 6.69. The number of hydrogen-bond acceptors (Lipinski definition) is 3. The van der Waals surface area contributed by atoms with Crippen molar-refractivity contribution in [3.63, 3.8) is 0 Å². The molecule has 4 heteroatoms. The number of aliphatic hydroxyl groups is 1. The van der Waals surface area contributed by atoms with Crippen molar-refractivity contribution in [3.05, 3.63) is 29.8 Å². The molecule has 0 spiro atoms. The van der Waals surface area contributed by atoms with Crippen LogP contribution >= 0.6 is 0 Å². The van der Waals surface area contributed by atoms with Crippen molar-refractivity contribution in [1.82, 2.24) is 5.32 Å². The van der Waals surface area contributed by atoms with Gasteiger partial charge >= 0.3 is 0 Å². The minimum absolute atomic E-state index is 0.0385. The summed E-state index contributed by atoms with van der Waals surface area (Å²) in [6.07, 6.45) is 1.53. The molecule has 0 radical (unpaired) electrons. The highest BCUT2D eigenvalue weighted by atomic mass is 16.5. The van der Waals surface area contributed by atoms with Crippen LogP contribution in [0.25, 0.3) is 0 Å². The number of carbonyl (C=O) groups excluding carboxylic acids is 1. The molecule has 0 saturated heterocycles. The molecule has 0 saturated carbocycles. The molecule has 1 aromatic carbocycles. The molecule has 0 fully saturated rings. The third-order valence-electron chi connectivity index (χ3n) is 3.37. The second kappa shape index (κ2) is 8.03. The lowest BCUT2D eigenvalue weighted by Gasteiger charge is -2.22. The van der Waals surface area contributed by atoms with Crippen LogP contribution in [0.3, 0.4) is 0 Å². The fourth-order valence-corrected chi connectivity index (χ4v) is 2.06. The van der Waals surface area contributed by atoms with Crippen molar-refractivity contribution in [2.45, 2.75) is 52.1 Å². The third-order valence-corrected chi connectivity index (χ3v) is 3.37. The molecule has 118 valence electrons. The van der Waals surface area contributed by atoms with Crippen LogP contribution in [0.4, 0.5) is 0 Å². The largest absolute Gasteiger partial charge is 0.484 e. The molecule has 1 unspecified atom stereocenters. The van der Waals surface area contributed by atoms with Gasteiger partial charge in [0, 0.05) is 6.54 Å². The summed E-state index contributed by atoms with van der Waals surface area (Å²) < 4.78 is 5.43. The van der Waals surface area contributed by atoms with Gasteiger partial charge in [0.1, 0.15) is 5.75 Å². The van der Waals surface area contributed by atoms with Crippen LogP contribution in [0.2, 0.25) is 0 Å².